The van der Waals surface area contributed by atoms with Gasteiger partial charge >= 0.3 is 0 Å². The van der Waals surface area contributed by atoms with E-state index in [1.807, 2.05) is 7.05 Å². The predicted octanol–water partition coefficient (Wildman–Crippen LogP) is 2.34. The highest BCUT2D eigenvalue weighted by molar-refractivity contribution is 5.96. The summed E-state index contributed by atoms with van der Waals surface area (Å²) >= 11 is 0. The molecule has 4 heteroatoms. The maximum atomic E-state index is 13.1. The summed E-state index contributed by atoms with van der Waals surface area (Å²) in [5.74, 6) is -0.432. The highest BCUT2D eigenvalue weighted by Gasteiger charge is 2.09. The standard InChI is InChI=1S/C13H20FN3/c1-3-4-7-17(2)9-10-5-6-11(14)8-12(10)13(15)16/h5-6,8H,3-4,7,9H2,1-2H3,(H3,15,16). The number of nitrogen functional groups attached to an aromatic ring is 1. The fraction of sp³-hybridized carbons (Fsp3) is 0.462. The predicted molar refractivity (Wildman–Crippen MR) is 68.7 cm³/mol. The summed E-state index contributed by atoms with van der Waals surface area (Å²) in [6.45, 7) is 3.83. The monoisotopic (exact) mass is 237 g/mol. The highest BCUT2D eigenvalue weighted by Crippen LogP contribution is 2.13. The average Bonchev–Trinajstić information content (AvgIpc) is 2.28. The lowest BCUT2D eigenvalue weighted by Crippen LogP contribution is -2.22. The van der Waals surface area contributed by atoms with Crippen molar-refractivity contribution in [2.45, 2.75) is 26.3 Å². The summed E-state index contributed by atoms with van der Waals surface area (Å²) in [7, 11) is 2.02. The summed E-state index contributed by atoms with van der Waals surface area (Å²) in [5.41, 5.74) is 6.85. The SMILES string of the molecule is CCCCN(C)Cc1ccc(F)cc1C(=N)N. The van der Waals surface area contributed by atoms with E-state index in [0.29, 0.717) is 12.1 Å². The van der Waals surface area contributed by atoms with E-state index in [4.69, 9.17) is 11.1 Å². The fourth-order valence-corrected chi connectivity index (χ4v) is 1.74. The maximum Gasteiger partial charge on any atom is 0.123 e. The third kappa shape index (κ3) is 4.15. The van der Waals surface area contributed by atoms with Crippen LogP contribution in [0, 0.1) is 11.2 Å². The highest BCUT2D eigenvalue weighted by atomic mass is 19.1. The Balaban J connectivity index is 2.79. The molecule has 0 amide bonds. The van der Waals surface area contributed by atoms with Crippen LogP contribution in [0.5, 0.6) is 0 Å². The summed E-state index contributed by atoms with van der Waals surface area (Å²) < 4.78 is 13.1. The minimum atomic E-state index is -0.352. The van der Waals surface area contributed by atoms with Crippen molar-refractivity contribution in [3.63, 3.8) is 0 Å². The molecule has 94 valence electrons. The van der Waals surface area contributed by atoms with Crippen molar-refractivity contribution in [3.8, 4) is 0 Å². The molecule has 0 spiro atoms. The number of hydrogen-bond acceptors (Lipinski definition) is 2. The zero-order chi connectivity index (χ0) is 12.8. The molecular formula is C13H20FN3. The second-order valence-electron chi connectivity index (χ2n) is 4.31. The van der Waals surface area contributed by atoms with Crippen LogP contribution in [-0.4, -0.2) is 24.3 Å². The number of hydrogen-bond donors (Lipinski definition) is 2. The van der Waals surface area contributed by atoms with Gasteiger partial charge in [-0.3, -0.25) is 5.41 Å². The molecule has 3 N–H and O–H groups in total. The topological polar surface area (TPSA) is 53.1 Å². The first-order valence-electron chi connectivity index (χ1n) is 5.86. The molecule has 0 aromatic heterocycles. The summed E-state index contributed by atoms with van der Waals surface area (Å²) in [6, 6.07) is 4.44. The molecule has 1 aromatic carbocycles. The molecule has 0 atom stereocenters. The minimum absolute atomic E-state index is 0.0802. The van der Waals surface area contributed by atoms with E-state index in [0.717, 1.165) is 24.9 Å². The van der Waals surface area contributed by atoms with Crippen LogP contribution in [0.4, 0.5) is 4.39 Å². The number of rotatable bonds is 6. The molecule has 0 aliphatic carbocycles. The van der Waals surface area contributed by atoms with Gasteiger partial charge in [0.15, 0.2) is 0 Å². The molecule has 0 heterocycles. The van der Waals surface area contributed by atoms with Gasteiger partial charge in [0.1, 0.15) is 11.7 Å². The van der Waals surface area contributed by atoms with E-state index in [1.54, 1.807) is 6.07 Å². The number of benzene rings is 1. The Morgan fingerprint density at radius 2 is 2.18 bits per heavy atom. The molecule has 0 bridgehead atoms. The molecule has 0 unspecified atom stereocenters. The van der Waals surface area contributed by atoms with Gasteiger partial charge in [-0.25, -0.2) is 4.39 Å². The molecule has 0 aliphatic heterocycles. The Morgan fingerprint density at radius 1 is 1.47 bits per heavy atom. The molecule has 1 aromatic rings. The van der Waals surface area contributed by atoms with Gasteiger partial charge in [-0.15, -0.1) is 0 Å². The lowest BCUT2D eigenvalue weighted by Gasteiger charge is -2.18. The van der Waals surface area contributed by atoms with Gasteiger partial charge in [-0.2, -0.15) is 0 Å². The molecule has 1 rings (SSSR count). The zero-order valence-corrected chi connectivity index (χ0v) is 10.5. The van der Waals surface area contributed by atoms with E-state index < -0.39 is 0 Å². The lowest BCUT2D eigenvalue weighted by atomic mass is 10.1. The molecule has 0 saturated carbocycles. The molecule has 0 saturated heterocycles. The van der Waals surface area contributed by atoms with Gasteiger partial charge in [0.05, 0.1) is 0 Å². The van der Waals surface area contributed by atoms with E-state index in [2.05, 4.69) is 11.8 Å². The first-order valence-corrected chi connectivity index (χ1v) is 5.86. The van der Waals surface area contributed by atoms with Crippen molar-refractivity contribution < 1.29 is 4.39 Å². The molecular weight excluding hydrogens is 217 g/mol. The quantitative estimate of drug-likeness (QED) is 0.589. The van der Waals surface area contributed by atoms with E-state index in [9.17, 15) is 4.39 Å². The summed E-state index contributed by atoms with van der Waals surface area (Å²) in [4.78, 5) is 2.16. The minimum Gasteiger partial charge on any atom is -0.384 e. The first kappa shape index (κ1) is 13.6. The van der Waals surface area contributed by atoms with Crippen molar-refractivity contribution in [1.29, 1.82) is 5.41 Å². The number of nitrogens with zero attached hydrogens (tertiary/aromatic N) is 1. The molecule has 0 fully saturated rings. The van der Waals surface area contributed by atoms with Gasteiger partial charge in [0, 0.05) is 12.1 Å². The van der Waals surface area contributed by atoms with Crippen LogP contribution < -0.4 is 5.73 Å². The summed E-state index contributed by atoms with van der Waals surface area (Å²) in [6.07, 6.45) is 2.28. The van der Waals surface area contributed by atoms with Crippen LogP contribution in [0.3, 0.4) is 0 Å². The van der Waals surface area contributed by atoms with E-state index >= 15 is 0 Å². The molecule has 0 aliphatic rings. The van der Waals surface area contributed by atoms with Crippen LogP contribution in [0.1, 0.15) is 30.9 Å². The van der Waals surface area contributed by atoms with Gasteiger partial charge in [-0.1, -0.05) is 19.4 Å². The Kier molecular flexibility index (Phi) is 5.10. The van der Waals surface area contributed by atoms with Crippen molar-refractivity contribution in [2.75, 3.05) is 13.6 Å². The number of amidine groups is 1. The Hall–Kier alpha value is -1.42. The molecule has 17 heavy (non-hydrogen) atoms. The second-order valence-corrected chi connectivity index (χ2v) is 4.31. The molecule has 3 nitrogen and oxygen atoms in total. The third-order valence-electron chi connectivity index (χ3n) is 2.70. The van der Waals surface area contributed by atoms with Crippen molar-refractivity contribution >= 4 is 5.84 Å². The van der Waals surface area contributed by atoms with Crippen LogP contribution in [-0.2, 0) is 6.54 Å². The van der Waals surface area contributed by atoms with Crippen LogP contribution in [0.2, 0.25) is 0 Å². The van der Waals surface area contributed by atoms with Crippen molar-refractivity contribution in [2.24, 2.45) is 5.73 Å². The van der Waals surface area contributed by atoms with Gasteiger partial charge in [-0.05, 0) is 37.7 Å². The van der Waals surface area contributed by atoms with Crippen LogP contribution in [0.25, 0.3) is 0 Å². The Bertz CT molecular complexity index is 390. The fourth-order valence-electron chi connectivity index (χ4n) is 1.74. The van der Waals surface area contributed by atoms with E-state index in [1.165, 1.54) is 12.1 Å². The number of halogens is 1. The Morgan fingerprint density at radius 3 is 2.76 bits per heavy atom. The smallest absolute Gasteiger partial charge is 0.123 e. The van der Waals surface area contributed by atoms with Gasteiger partial charge in [0.25, 0.3) is 0 Å². The lowest BCUT2D eigenvalue weighted by molar-refractivity contribution is 0.320. The molecule has 0 radical (unpaired) electrons. The normalized spacial score (nSPS) is 10.8. The van der Waals surface area contributed by atoms with Crippen molar-refractivity contribution in [1.82, 2.24) is 4.90 Å². The van der Waals surface area contributed by atoms with Gasteiger partial charge < -0.3 is 10.6 Å². The summed E-state index contributed by atoms with van der Waals surface area (Å²) in [5, 5.41) is 7.45. The number of nitrogens with two attached hydrogens (primary N) is 1. The van der Waals surface area contributed by atoms with Crippen LogP contribution in [0.15, 0.2) is 18.2 Å². The van der Waals surface area contributed by atoms with Crippen molar-refractivity contribution in [3.05, 3.63) is 35.1 Å². The number of unbranched alkanes of at least 4 members (excludes halogenated alkanes) is 1. The zero-order valence-electron chi connectivity index (χ0n) is 10.5. The average molecular weight is 237 g/mol. The van der Waals surface area contributed by atoms with Crippen LogP contribution >= 0.6 is 0 Å². The number of nitrogens with one attached hydrogen (secondary N) is 1. The largest absolute Gasteiger partial charge is 0.384 e. The Labute approximate surface area is 102 Å². The maximum absolute atomic E-state index is 13.1. The first-order chi connectivity index (χ1) is 8.04. The van der Waals surface area contributed by atoms with E-state index in [-0.39, 0.29) is 11.7 Å². The second kappa shape index (κ2) is 6.35. The van der Waals surface area contributed by atoms with Gasteiger partial charge in [0.2, 0.25) is 0 Å². The third-order valence-corrected chi connectivity index (χ3v) is 2.70.